The van der Waals surface area contributed by atoms with E-state index >= 15 is 0 Å². The highest BCUT2D eigenvalue weighted by Gasteiger charge is 2.34. The first-order valence-corrected chi connectivity index (χ1v) is 7.00. The van der Waals surface area contributed by atoms with Gasteiger partial charge in [0.2, 0.25) is 5.91 Å². The Labute approximate surface area is 123 Å². The van der Waals surface area contributed by atoms with Gasteiger partial charge in [-0.05, 0) is 39.7 Å². The van der Waals surface area contributed by atoms with Gasteiger partial charge in [0.25, 0.3) is 0 Å². The number of nitrogens with zero attached hydrogens (tertiary/aromatic N) is 1. The molecule has 1 saturated heterocycles. The molecule has 1 aliphatic rings. The molecule has 2 rings (SSSR count). The van der Waals surface area contributed by atoms with Crippen molar-refractivity contribution in [1.82, 2.24) is 0 Å². The third-order valence-electron chi connectivity index (χ3n) is 3.02. The van der Waals surface area contributed by atoms with E-state index in [0.29, 0.717) is 5.75 Å². The van der Waals surface area contributed by atoms with Gasteiger partial charge in [-0.3, -0.25) is 4.79 Å². The molecule has 0 saturated carbocycles. The fourth-order valence-electron chi connectivity index (χ4n) is 2.13. The number of hydrogen-bond acceptors (Lipinski definition) is 3. The van der Waals surface area contributed by atoms with E-state index in [0.717, 1.165) is 6.07 Å². The molecule has 0 bridgehead atoms. The van der Waals surface area contributed by atoms with E-state index in [4.69, 9.17) is 0 Å². The molecule has 1 aromatic rings. The van der Waals surface area contributed by atoms with Gasteiger partial charge in [0.05, 0.1) is 5.69 Å². The molecule has 0 spiro atoms. The molecule has 4 nitrogen and oxygen atoms in total. The van der Waals surface area contributed by atoms with Crippen LogP contribution >= 0.6 is 28.6 Å². The number of anilines is 1. The van der Waals surface area contributed by atoms with Crippen molar-refractivity contribution in [1.29, 1.82) is 0 Å². The van der Waals surface area contributed by atoms with E-state index in [1.807, 2.05) is 0 Å². The lowest BCUT2D eigenvalue weighted by Gasteiger charge is -2.20. The maximum Gasteiger partial charge on any atom is 0.339 e. The first kappa shape index (κ1) is 14.3. The summed E-state index contributed by atoms with van der Waals surface area (Å²) in [6, 6.07) is 2.46. The standard InChI is InChI=1S/C12H11BrFNO3S/c13-7-1-2-8(14)11(10(7)12(17)18)15-4-6(5-19)3-9(15)16/h1-2,6,19H,3-5H2,(H,17,18). The number of thiol groups is 1. The van der Waals surface area contributed by atoms with Crippen LogP contribution in [0.25, 0.3) is 0 Å². The van der Waals surface area contributed by atoms with Crippen molar-refractivity contribution in [3.8, 4) is 0 Å². The highest BCUT2D eigenvalue weighted by atomic mass is 79.9. The molecule has 1 N–H and O–H groups in total. The van der Waals surface area contributed by atoms with E-state index in [9.17, 15) is 19.1 Å². The molecule has 1 unspecified atom stereocenters. The molecule has 1 atom stereocenters. The molecule has 1 aliphatic heterocycles. The zero-order valence-electron chi connectivity index (χ0n) is 9.77. The van der Waals surface area contributed by atoms with Crippen molar-refractivity contribution in [3.63, 3.8) is 0 Å². The van der Waals surface area contributed by atoms with Gasteiger partial charge in [0.15, 0.2) is 0 Å². The summed E-state index contributed by atoms with van der Waals surface area (Å²) in [5, 5.41) is 9.19. The van der Waals surface area contributed by atoms with Gasteiger partial charge in [0, 0.05) is 17.4 Å². The van der Waals surface area contributed by atoms with Gasteiger partial charge in [-0.25, -0.2) is 9.18 Å². The fourth-order valence-corrected chi connectivity index (χ4v) is 2.86. The van der Waals surface area contributed by atoms with Gasteiger partial charge in [0.1, 0.15) is 11.4 Å². The summed E-state index contributed by atoms with van der Waals surface area (Å²) in [6.45, 7) is 0.288. The molecule has 19 heavy (non-hydrogen) atoms. The SMILES string of the molecule is O=C(O)c1c(Br)ccc(F)c1N1CC(CS)CC1=O. The van der Waals surface area contributed by atoms with E-state index < -0.39 is 11.8 Å². The molecule has 0 aliphatic carbocycles. The summed E-state index contributed by atoms with van der Waals surface area (Å²) in [7, 11) is 0. The lowest BCUT2D eigenvalue weighted by atomic mass is 10.1. The van der Waals surface area contributed by atoms with E-state index in [2.05, 4.69) is 28.6 Å². The molecule has 7 heteroatoms. The molecule has 1 amide bonds. The lowest BCUT2D eigenvalue weighted by Crippen LogP contribution is -2.28. The summed E-state index contributed by atoms with van der Waals surface area (Å²) in [5.41, 5.74) is -0.399. The van der Waals surface area contributed by atoms with Gasteiger partial charge in [-0.15, -0.1) is 0 Å². The minimum Gasteiger partial charge on any atom is -0.478 e. The minimum atomic E-state index is -1.27. The molecule has 1 fully saturated rings. The average Bonchev–Trinajstić information content (AvgIpc) is 2.72. The molecule has 0 aromatic heterocycles. The van der Waals surface area contributed by atoms with Gasteiger partial charge < -0.3 is 10.0 Å². The number of carboxylic acid groups (broad SMARTS) is 1. The minimum absolute atomic E-state index is 0.0101. The molecular formula is C12H11BrFNO3S. The maximum atomic E-state index is 13.9. The van der Waals surface area contributed by atoms with Gasteiger partial charge >= 0.3 is 5.97 Å². The molecular weight excluding hydrogens is 337 g/mol. The van der Waals surface area contributed by atoms with Crippen molar-refractivity contribution in [3.05, 3.63) is 28.0 Å². The summed E-state index contributed by atoms with van der Waals surface area (Å²) >= 11 is 7.20. The number of carbonyl (C=O) groups excluding carboxylic acids is 1. The number of benzene rings is 1. The topological polar surface area (TPSA) is 57.6 Å². The molecule has 0 radical (unpaired) electrons. The Kier molecular flexibility index (Phi) is 4.15. The van der Waals surface area contributed by atoms with Crippen LogP contribution in [0.5, 0.6) is 0 Å². The predicted molar refractivity (Wildman–Crippen MR) is 75.4 cm³/mol. The average molecular weight is 348 g/mol. The molecule has 102 valence electrons. The largest absolute Gasteiger partial charge is 0.478 e. The number of amides is 1. The number of carbonyl (C=O) groups is 2. The number of hydrogen-bond donors (Lipinski definition) is 2. The normalized spacial score (nSPS) is 19.0. The third-order valence-corrected chi connectivity index (χ3v) is 4.20. The van der Waals surface area contributed by atoms with E-state index in [-0.39, 0.29) is 40.5 Å². The summed E-state index contributed by atoms with van der Waals surface area (Å²) in [5.74, 6) is -1.76. The first-order valence-electron chi connectivity index (χ1n) is 5.58. The third kappa shape index (κ3) is 2.62. The number of halogens is 2. The predicted octanol–water partition coefficient (Wildman–Crippen LogP) is 2.57. The quantitative estimate of drug-likeness (QED) is 0.826. The van der Waals surface area contributed by atoms with Crippen molar-refractivity contribution in [2.45, 2.75) is 6.42 Å². The van der Waals surface area contributed by atoms with Gasteiger partial charge in [-0.1, -0.05) is 0 Å². The Morgan fingerprint density at radius 2 is 2.26 bits per heavy atom. The summed E-state index contributed by atoms with van der Waals surface area (Å²) in [4.78, 5) is 24.4. The van der Waals surface area contributed by atoms with Crippen LogP contribution < -0.4 is 4.90 Å². The number of carboxylic acids is 1. The monoisotopic (exact) mass is 347 g/mol. The highest BCUT2D eigenvalue weighted by Crippen LogP contribution is 2.34. The smallest absolute Gasteiger partial charge is 0.339 e. The van der Waals surface area contributed by atoms with Crippen molar-refractivity contribution in [2.24, 2.45) is 5.92 Å². The summed E-state index contributed by atoms with van der Waals surface area (Å²) in [6.07, 6.45) is 0.258. The Morgan fingerprint density at radius 3 is 2.79 bits per heavy atom. The second-order valence-corrected chi connectivity index (χ2v) is 5.53. The van der Waals surface area contributed by atoms with Crippen LogP contribution in [-0.2, 0) is 4.79 Å². The fraction of sp³-hybridized carbons (Fsp3) is 0.333. The maximum absolute atomic E-state index is 13.9. The van der Waals surface area contributed by atoms with Crippen LogP contribution in [0, 0.1) is 11.7 Å². The van der Waals surface area contributed by atoms with Crippen LogP contribution in [-0.4, -0.2) is 29.3 Å². The van der Waals surface area contributed by atoms with E-state index in [1.54, 1.807) is 0 Å². The number of rotatable bonds is 3. The Morgan fingerprint density at radius 1 is 1.58 bits per heavy atom. The van der Waals surface area contributed by atoms with Crippen LogP contribution in [0.3, 0.4) is 0 Å². The Bertz CT molecular complexity index is 552. The molecule has 1 heterocycles. The Balaban J connectivity index is 2.53. The first-order chi connectivity index (χ1) is 8.95. The van der Waals surface area contributed by atoms with Crippen LogP contribution in [0.1, 0.15) is 16.8 Å². The van der Waals surface area contributed by atoms with Crippen molar-refractivity contribution >= 4 is 46.1 Å². The summed E-state index contributed by atoms with van der Waals surface area (Å²) < 4.78 is 14.2. The zero-order valence-corrected chi connectivity index (χ0v) is 12.2. The second-order valence-electron chi connectivity index (χ2n) is 4.32. The van der Waals surface area contributed by atoms with Gasteiger partial charge in [-0.2, -0.15) is 12.6 Å². The van der Waals surface area contributed by atoms with Crippen molar-refractivity contribution in [2.75, 3.05) is 17.2 Å². The highest BCUT2D eigenvalue weighted by molar-refractivity contribution is 9.10. The van der Waals surface area contributed by atoms with Crippen LogP contribution in [0.15, 0.2) is 16.6 Å². The van der Waals surface area contributed by atoms with Crippen LogP contribution in [0.2, 0.25) is 0 Å². The van der Waals surface area contributed by atoms with Crippen LogP contribution in [0.4, 0.5) is 10.1 Å². The Hall–Kier alpha value is -1.08. The second kappa shape index (κ2) is 5.50. The molecule has 1 aromatic carbocycles. The van der Waals surface area contributed by atoms with E-state index in [1.165, 1.54) is 11.0 Å². The van der Waals surface area contributed by atoms with Crippen molar-refractivity contribution < 1.29 is 19.1 Å². The lowest BCUT2D eigenvalue weighted by molar-refractivity contribution is -0.117. The zero-order chi connectivity index (χ0) is 14.2. The number of aromatic carboxylic acids is 1.